The fraction of sp³-hybridized carbons (Fsp3) is 0.250. The van der Waals surface area contributed by atoms with Crippen molar-refractivity contribution in [2.75, 3.05) is 12.0 Å². The maximum atomic E-state index is 13.0. The molecule has 0 saturated heterocycles. The molecule has 10 nitrogen and oxygen atoms in total. The molecule has 11 heteroatoms. The minimum absolute atomic E-state index is 0.00983. The van der Waals surface area contributed by atoms with Crippen molar-refractivity contribution in [1.29, 1.82) is 0 Å². The highest BCUT2D eigenvalue weighted by Gasteiger charge is 2.21. The van der Waals surface area contributed by atoms with E-state index < -0.39 is 17.4 Å². The van der Waals surface area contributed by atoms with Gasteiger partial charge in [-0.25, -0.2) is 10.2 Å². The van der Waals surface area contributed by atoms with Crippen LogP contribution in [0.1, 0.15) is 11.1 Å². The fourth-order valence-corrected chi connectivity index (χ4v) is 3.72. The SMILES string of the molecule is Cc1ccccc1OC[C@H](O)Cn1c(N/N=C\c2ccc(Cl)cc2)nc2c1c(=O)n(C)c(=O)n2C. The summed E-state index contributed by atoms with van der Waals surface area (Å²) in [5.74, 6) is 0.852. The van der Waals surface area contributed by atoms with Crippen molar-refractivity contribution in [1.82, 2.24) is 18.7 Å². The summed E-state index contributed by atoms with van der Waals surface area (Å²) in [7, 11) is 2.92. The Morgan fingerprint density at radius 2 is 1.86 bits per heavy atom. The van der Waals surface area contributed by atoms with Crippen LogP contribution in [-0.4, -0.2) is 42.7 Å². The number of fused-ring (bicyclic) bond motifs is 1. The minimum Gasteiger partial charge on any atom is -0.491 e. The molecule has 0 unspecified atom stereocenters. The molecule has 0 aliphatic carbocycles. The molecule has 0 fully saturated rings. The monoisotopic (exact) mass is 496 g/mol. The van der Waals surface area contributed by atoms with E-state index in [1.807, 2.05) is 31.2 Å². The lowest BCUT2D eigenvalue weighted by atomic mass is 10.2. The molecular weight excluding hydrogens is 472 g/mol. The number of aliphatic hydroxyl groups excluding tert-OH is 1. The van der Waals surface area contributed by atoms with Gasteiger partial charge in [0.05, 0.1) is 12.8 Å². The Bertz CT molecular complexity index is 1500. The van der Waals surface area contributed by atoms with Crippen LogP contribution in [0.25, 0.3) is 11.2 Å². The zero-order valence-corrected chi connectivity index (χ0v) is 20.2. The number of nitrogens with zero attached hydrogens (tertiary/aromatic N) is 5. The van der Waals surface area contributed by atoms with Crippen molar-refractivity contribution >= 4 is 34.9 Å². The predicted octanol–water partition coefficient (Wildman–Crippen LogP) is 2.28. The Hall–Kier alpha value is -3.89. The smallest absolute Gasteiger partial charge is 0.332 e. The topological polar surface area (TPSA) is 116 Å². The number of ether oxygens (including phenoxy) is 1. The maximum absolute atomic E-state index is 13.0. The van der Waals surface area contributed by atoms with Gasteiger partial charge in [0, 0.05) is 19.1 Å². The standard InChI is InChI=1S/C24H25ClN6O4/c1-15-6-4-5-7-19(15)35-14-18(32)13-31-20-21(29(2)24(34)30(3)22(20)33)27-23(31)28-26-12-16-8-10-17(25)11-9-16/h4-12,18,32H,13-14H2,1-3H3,(H,27,28)/b26-12-/t18-/m1/s1. The van der Waals surface area contributed by atoms with Crippen LogP contribution in [-0.2, 0) is 20.6 Å². The van der Waals surface area contributed by atoms with E-state index in [2.05, 4.69) is 15.5 Å². The zero-order chi connectivity index (χ0) is 25.1. The Balaban J connectivity index is 1.66. The first-order chi connectivity index (χ1) is 16.8. The first-order valence-corrected chi connectivity index (χ1v) is 11.2. The van der Waals surface area contributed by atoms with Gasteiger partial charge in [-0.1, -0.05) is 41.9 Å². The van der Waals surface area contributed by atoms with Crippen molar-refractivity contribution < 1.29 is 9.84 Å². The Labute approximate surface area is 205 Å². The summed E-state index contributed by atoms with van der Waals surface area (Å²) in [4.78, 5) is 29.8. The van der Waals surface area contributed by atoms with Gasteiger partial charge in [0.15, 0.2) is 11.2 Å². The zero-order valence-electron chi connectivity index (χ0n) is 19.5. The highest BCUT2D eigenvalue weighted by atomic mass is 35.5. The van der Waals surface area contributed by atoms with Gasteiger partial charge in [-0.3, -0.25) is 13.9 Å². The number of benzene rings is 2. The highest BCUT2D eigenvalue weighted by Crippen LogP contribution is 2.19. The molecule has 0 aliphatic heterocycles. The van der Waals surface area contributed by atoms with Crippen LogP contribution in [0, 0.1) is 6.92 Å². The number of anilines is 1. The largest absolute Gasteiger partial charge is 0.491 e. The Morgan fingerprint density at radius 3 is 2.57 bits per heavy atom. The van der Waals surface area contributed by atoms with Gasteiger partial charge < -0.3 is 14.4 Å². The summed E-state index contributed by atoms with van der Waals surface area (Å²) in [6.07, 6.45) is 0.587. The van der Waals surface area contributed by atoms with Crippen molar-refractivity contribution in [2.45, 2.75) is 19.6 Å². The van der Waals surface area contributed by atoms with Crippen LogP contribution in [0.2, 0.25) is 5.02 Å². The molecule has 0 radical (unpaired) electrons. The summed E-state index contributed by atoms with van der Waals surface area (Å²) >= 11 is 5.92. The second kappa shape index (κ2) is 10.2. The first-order valence-electron chi connectivity index (χ1n) is 10.8. The molecule has 0 aliphatic rings. The summed E-state index contributed by atoms with van der Waals surface area (Å²) in [5, 5.41) is 15.6. The molecule has 2 heterocycles. The van der Waals surface area contributed by atoms with Crippen LogP contribution in [0.4, 0.5) is 5.95 Å². The van der Waals surface area contributed by atoms with E-state index in [0.29, 0.717) is 10.8 Å². The summed E-state index contributed by atoms with van der Waals surface area (Å²) in [5.41, 5.74) is 3.85. The van der Waals surface area contributed by atoms with Crippen molar-refractivity contribution in [3.63, 3.8) is 0 Å². The van der Waals surface area contributed by atoms with Crippen molar-refractivity contribution in [3.05, 3.63) is 85.5 Å². The fourth-order valence-electron chi connectivity index (χ4n) is 3.59. The Morgan fingerprint density at radius 1 is 1.14 bits per heavy atom. The molecule has 2 aromatic carbocycles. The summed E-state index contributed by atoms with van der Waals surface area (Å²) < 4.78 is 9.54. The maximum Gasteiger partial charge on any atom is 0.332 e. The van der Waals surface area contributed by atoms with Crippen LogP contribution < -0.4 is 21.4 Å². The second-order valence-corrected chi connectivity index (χ2v) is 8.51. The third kappa shape index (κ3) is 5.13. The van der Waals surface area contributed by atoms with E-state index in [0.717, 1.165) is 15.7 Å². The molecule has 0 spiro atoms. The number of halogens is 1. The van der Waals surface area contributed by atoms with Gasteiger partial charge in [0.2, 0.25) is 5.95 Å². The van der Waals surface area contributed by atoms with E-state index in [4.69, 9.17) is 16.3 Å². The number of rotatable bonds is 8. The van der Waals surface area contributed by atoms with Crippen molar-refractivity contribution in [3.8, 4) is 5.75 Å². The number of imidazole rings is 1. The average Bonchev–Trinajstić information content (AvgIpc) is 3.20. The van der Waals surface area contributed by atoms with Gasteiger partial charge in [-0.2, -0.15) is 10.1 Å². The first kappa shape index (κ1) is 24.2. The number of para-hydroxylation sites is 1. The number of hydrazone groups is 1. The van der Waals surface area contributed by atoms with Crippen LogP contribution in [0.15, 0.2) is 63.2 Å². The average molecular weight is 497 g/mol. The quantitative estimate of drug-likeness (QED) is 0.285. The second-order valence-electron chi connectivity index (χ2n) is 8.08. The van der Waals surface area contributed by atoms with E-state index >= 15 is 0 Å². The van der Waals surface area contributed by atoms with Gasteiger partial charge in [-0.15, -0.1) is 0 Å². The molecule has 0 amide bonds. The van der Waals surface area contributed by atoms with E-state index in [1.165, 1.54) is 23.2 Å². The number of aliphatic hydroxyl groups is 1. The van der Waals surface area contributed by atoms with Gasteiger partial charge in [-0.05, 0) is 36.2 Å². The summed E-state index contributed by atoms with van der Waals surface area (Å²) in [6.45, 7) is 1.88. The molecule has 2 N–H and O–H groups in total. The molecule has 4 rings (SSSR count). The van der Waals surface area contributed by atoms with Gasteiger partial charge in [0.1, 0.15) is 18.5 Å². The lowest BCUT2D eigenvalue weighted by Gasteiger charge is -2.16. The number of aromatic nitrogens is 4. The van der Waals surface area contributed by atoms with Gasteiger partial charge >= 0.3 is 5.69 Å². The number of nitrogens with one attached hydrogen (secondary N) is 1. The molecule has 182 valence electrons. The molecule has 4 aromatic rings. The molecule has 35 heavy (non-hydrogen) atoms. The van der Waals surface area contributed by atoms with Gasteiger partial charge in [0.25, 0.3) is 5.56 Å². The predicted molar refractivity (Wildman–Crippen MR) is 136 cm³/mol. The van der Waals surface area contributed by atoms with E-state index in [1.54, 1.807) is 30.5 Å². The number of hydrogen-bond acceptors (Lipinski definition) is 7. The summed E-state index contributed by atoms with van der Waals surface area (Å²) in [6, 6.07) is 14.5. The minimum atomic E-state index is -0.977. The lowest BCUT2D eigenvalue weighted by molar-refractivity contribution is 0.0935. The van der Waals surface area contributed by atoms with Crippen LogP contribution in [0.5, 0.6) is 5.75 Å². The third-order valence-electron chi connectivity index (χ3n) is 5.51. The van der Waals surface area contributed by atoms with Crippen LogP contribution in [0.3, 0.4) is 0 Å². The number of aryl methyl sites for hydroxylation is 2. The molecule has 1 atom stereocenters. The number of hydrogen-bond donors (Lipinski definition) is 2. The molecule has 2 aromatic heterocycles. The molecular formula is C24H25ClN6O4. The van der Waals surface area contributed by atoms with E-state index in [-0.39, 0.29) is 30.3 Å². The van der Waals surface area contributed by atoms with E-state index in [9.17, 15) is 14.7 Å². The highest BCUT2D eigenvalue weighted by molar-refractivity contribution is 6.30. The Kier molecular flexibility index (Phi) is 7.04. The third-order valence-corrected chi connectivity index (χ3v) is 5.77. The normalized spacial score (nSPS) is 12.4. The molecule has 0 saturated carbocycles. The van der Waals surface area contributed by atoms with Crippen molar-refractivity contribution in [2.24, 2.45) is 19.2 Å². The molecule has 0 bridgehead atoms. The van der Waals surface area contributed by atoms with Crippen LogP contribution >= 0.6 is 11.6 Å². The lowest BCUT2D eigenvalue weighted by Crippen LogP contribution is -2.38.